The number of halogens is 2. The van der Waals surface area contributed by atoms with E-state index in [1.54, 1.807) is 17.4 Å². The summed E-state index contributed by atoms with van der Waals surface area (Å²) in [6, 6.07) is 5.00. The SMILES string of the molecule is Cc1ncsc1CNc1ccc(Br)c(F)c1. The lowest BCUT2D eigenvalue weighted by atomic mass is 10.3. The zero-order chi connectivity index (χ0) is 11.5. The Morgan fingerprint density at radius 2 is 2.31 bits per heavy atom. The predicted octanol–water partition coefficient (Wildman–Crippen LogP) is 3.97. The third-order valence-electron chi connectivity index (χ3n) is 2.22. The second-order valence-electron chi connectivity index (χ2n) is 3.34. The van der Waals surface area contributed by atoms with Crippen LogP contribution in [-0.2, 0) is 6.54 Å². The lowest BCUT2D eigenvalue weighted by molar-refractivity contribution is 0.621. The predicted molar refractivity (Wildman–Crippen MR) is 68.3 cm³/mol. The van der Waals surface area contributed by atoms with E-state index in [4.69, 9.17) is 0 Å². The molecule has 0 bridgehead atoms. The minimum atomic E-state index is -0.258. The molecule has 1 N–H and O–H groups in total. The van der Waals surface area contributed by atoms with Gasteiger partial charge in [0.05, 0.1) is 22.2 Å². The van der Waals surface area contributed by atoms with Crippen molar-refractivity contribution in [2.75, 3.05) is 5.32 Å². The average Bonchev–Trinajstić information content (AvgIpc) is 2.66. The molecule has 0 aliphatic heterocycles. The molecular formula is C11H10BrFN2S. The Labute approximate surface area is 106 Å². The van der Waals surface area contributed by atoms with E-state index in [9.17, 15) is 4.39 Å². The first-order chi connectivity index (χ1) is 7.66. The van der Waals surface area contributed by atoms with E-state index in [1.807, 2.05) is 18.5 Å². The number of hydrogen-bond acceptors (Lipinski definition) is 3. The topological polar surface area (TPSA) is 24.9 Å². The fraction of sp³-hybridized carbons (Fsp3) is 0.182. The molecule has 0 radical (unpaired) electrons. The van der Waals surface area contributed by atoms with Crippen LogP contribution in [0.4, 0.5) is 10.1 Å². The molecule has 0 unspecified atom stereocenters. The first kappa shape index (κ1) is 11.5. The van der Waals surface area contributed by atoms with Gasteiger partial charge in [-0.3, -0.25) is 0 Å². The molecule has 0 spiro atoms. The zero-order valence-corrected chi connectivity index (χ0v) is 11.0. The lowest BCUT2D eigenvalue weighted by Gasteiger charge is -2.05. The van der Waals surface area contributed by atoms with Gasteiger partial charge in [0.2, 0.25) is 0 Å². The van der Waals surface area contributed by atoms with Crippen molar-refractivity contribution in [1.29, 1.82) is 0 Å². The van der Waals surface area contributed by atoms with Gasteiger partial charge in [-0.1, -0.05) is 0 Å². The third kappa shape index (κ3) is 2.59. The summed E-state index contributed by atoms with van der Waals surface area (Å²) in [6.45, 7) is 2.65. The van der Waals surface area contributed by atoms with Gasteiger partial charge in [0.15, 0.2) is 0 Å². The largest absolute Gasteiger partial charge is 0.380 e. The number of nitrogens with one attached hydrogen (secondary N) is 1. The summed E-state index contributed by atoms with van der Waals surface area (Å²) in [7, 11) is 0. The number of benzene rings is 1. The van der Waals surface area contributed by atoms with Crippen molar-refractivity contribution in [1.82, 2.24) is 4.98 Å². The van der Waals surface area contributed by atoms with E-state index in [0.29, 0.717) is 11.0 Å². The van der Waals surface area contributed by atoms with Crippen molar-refractivity contribution in [2.24, 2.45) is 0 Å². The second kappa shape index (κ2) is 4.93. The van der Waals surface area contributed by atoms with Crippen LogP contribution in [0.15, 0.2) is 28.2 Å². The molecule has 5 heteroatoms. The maximum Gasteiger partial charge on any atom is 0.139 e. The molecule has 1 aromatic carbocycles. The summed E-state index contributed by atoms with van der Waals surface area (Å²) in [4.78, 5) is 5.33. The van der Waals surface area contributed by atoms with Crippen LogP contribution in [0.1, 0.15) is 10.6 Å². The Hall–Kier alpha value is -0.940. The highest BCUT2D eigenvalue weighted by Crippen LogP contribution is 2.20. The molecule has 1 aromatic heterocycles. The van der Waals surface area contributed by atoms with Gasteiger partial charge in [-0.05, 0) is 41.1 Å². The average molecular weight is 301 g/mol. The van der Waals surface area contributed by atoms with Crippen molar-refractivity contribution in [3.05, 3.63) is 44.6 Å². The van der Waals surface area contributed by atoms with E-state index in [1.165, 1.54) is 10.9 Å². The summed E-state index contributed by atoms with van der Waals surface area (Å²) < 4.78 is 13.7. The van der Waals surface area contributed by atoms with Crippen molar-refractivity contribution in [3.8, 4) is 0 Å². The second-order valence-corrected chi connectivity index (χ2v) is 5.14. The van der Waals surface area contributed by atoms with E-state index >= 15 is 0 Å². The Morgan fingerprint density at radius 1 is 1.50 bits per heavy atom. The van der Waals surface area contributed by atoms with Crippen molar-refractivity contribution < 1.29 is 4.39 Å². The molecule has 0 fully saturated rings. The van der Waals surface area contributed by atoms with Crippen LogP contribution in [0.25, 0.3) is 0 Å². The fourth-order valence-electron chi connectivity index (χ4n) is 1.28. The van der Waals surface area contributed by atoms with Crippen LogP contribution in [0.3, 0.4) is 0 Å². The van der Waals surface area contributed by atoms with Gasteiger partial charge in [-0.25, -0.2) is 9.37 Å². The van der Waals surface area contributed by atoms with Crippen LogP contribution in [0.2, 0.25) is 0 Å². The molecule has 0 aliphatic carbocycles. The van der Waals surface area contributed by atoms with Crippen molar-refractivity contribution in [2.45, 2.75) is 13.5 Å². The Morgan fingerprint density at radius 3 is 2.94 bits per heavy atom. The van der Waals surface area contributed by atoms with Crippen LogP contribution in [0, 0.1) is 12.7 Å². The standard InChI is InChI=1S/C11H10BrFN2S/c1-7-11(16-6-15-7)5-14-8-2-3-9(12)10(13)4-8/h2-4,6,14H,5H2,1H3. The molecular weight excluding hydrogens is 291 g/mol. The maximum absolute atomic E-state index is 13.2. The number of aromatic nitrogens is 1. The van der Waals surface area contributed by atoms with Crippen LogP contribution < -0.4 is 5.32 Å². The van der Waals surface area contributed by atoms with Gasteiger partial charge < -0.3 is 5.32 Å². The summed E-state index contributed by atoms with van der Waals surface area (Å²) in [5.74, 6) is -0.258. The molecule has 2 nitrogen and oxygen atoms in total. The molecule has 16 heavy (non-hydrogen) atoms. The Balaban J connectivity index is 2.05. The molecule has 2 rings (SSSR count). The monoisotopic (exact) mass is 300 g/mol. The van der Waals surface area contributed by atoms with Gasteiger partial charge in [-0.2, -0.15) is 0 Å². The van der Waals surface area contributed by atoms with Gasteiger partial charge in [0.25, 0.3) is 0 Å². The first-order valence-electron chi connectivity index (χ1n) is 4.74. The summed E-state index contributed by atoms with van der Waals surface area (Å²) in [5.41, 5.74) is 3.61. The molecule has 0 saturated carbocycles. The van der Waals surface area contributed by atoms with Crippen LogP contribution >= 0.6 is 27.3 Å². The Kier molecular flexibility index (Phi) is 3.56. The number of thiazole rings is 1. The molecule has 84 valence electrons. The highest BCUT2D eigenvalue weighted by molar-refractivity contribution is 9.10. The Bertz CT molecular complexity index is 498. The van der Waals surface area contributed by atoms with Crippen molar-refractivity contribution >= 4 is 33.0 Å². The number of hydrogen-bond donors (Lipinski definition) is 1. The quantitative estimate of drug-likeness (QED) is 0.928. The maximum atomic E-state index is 13.2. The van der Waals surface area contributed by atoms with Gasteiger partial charge >= 0.3 is 0 Å². The molecule has 0 amide bonds. The van der Waals surface area contributed by atoms with Crippen LogP contribution in [0.5, 0.6) is 0 Å². The van der Waals surface area contributed by atoms with E-state index in [2.05, 4.69) is 26.2 Å². The summed E-state index contributed by atoms with van der Waals surface area (Å²) in [6.07, 6.45) is 0. The number of nitrogens with zero attached hydrogens (tertiary/aromatic N) is 1. The molecule has 1 heterocycles. The van der Waals surface area contributed by atoms with Gasteiger partial charge in [-0.15, -0.1) is 11.3 Å². The molecule has 0 aliphatic rings. The van der Waals surface area contributed by atoms with E-state index in [0.717, 1.165) is 11.4 Å². The highest BCUT2D eigenvalue weighted by Gasteiger charge is 2.03. The number of anilines is 1. The number of aryl methyl sites for hydroxylation is 1. The lowest BCUT2D eigenvalue weighted by Crippen LogP contribution is -1.99. The molecule has 2 aromatic rings. The fourth-order valence-corrected chi connectivity index (χ4v) is 2.25. The third-order valence-corrected chi connectivity index (χ3v) is 3.80. The van der Waals surface area contributed by atoms with Crippen molar-refractivity contribution in [3.63, 3.8) is 0 Å². The minimum absolute atomic E-state index is 0.258. The van der Waals surface area contributed by atoms with E-state index < -0.39 is 0 Å². The number of rotatable bonds is 3. The first-order valence-corrected chi connectivity index (χ1v) is 6.42. The van der Waals surface area contributed by atoms with Crippen LogP contribution in [-0.4, -0.2) is 4.98 Å². The smallest absolute Gasteiger partial charge is 0.139 e. The highest BCUT2D eigenvalue weighted by atomic mass is 79.9. The van der Waals surface area contributed by atoms with Gasteiger partial charge in [0, 0.05) is 10.6 Å². The zero-order valence-electron chi connectivity index (χ0n) is 8.63. The molecule has 0 saturated heterocycles. The minimum Gasteiger partial charge on any atom is -0.380 e. The molecule has 0 atom stereocenters. The summed E-state index contributed by atoms with van der Waals surface area (Å²) >= 11 is 4.72. The van der Waals surface area contributed by atoms with E-state index in [-0.39, 0.29) is 5.82 Å². The van der Waals surface area contributed by atoms with Gasteiger partial charge in [0.1, 0.15) is 5.82 Å². The normalized spacial score (nSPS) is 10.4. The summed E-state index contributed by atoms with van der Waals surface area (Å²) in [5, 5.41) is 3.17.